The van der Waals surface area contributed by atoms with Gasteiger partial charge >= 0.3 is 0 Å². The predicted molar refractivity (Wildman–Crippen MR) is 83.0 cm³/mol. The van der Waals surface area contributed by atoms with Crippen molar-refractivity contribution in [3.8, 4) is 0 Å². The Kier molecular flexibility index (Phi) is 4.52. The third-order valence-electron chi connectivity index (χ3n) is 2.70. The van der Waals surface area contributed by atoms with E-state index in [2.05, 4.69) is 20.6 Å². The molecule has 0 unspecified atom stereocenters. The highest BCUT2D eigenvalue weighted by molar-refractivity contribution is 5.93. The topological polar surface area (TPSA) is 66.9 Å². The van der Waals surface area contributed by atoms with Crippen LogP contribution in [0.1, 0.15) is 36.8 Å². The van der Waals surface area contributed by atoms with E-state index in [1.807, 2.05) is 39.0 Å². The summed E-state index contributed by atoms with van der Waals surface area (Å²) >= 11 is 0. The SMILES string of the molecule is CC(C)(C)NC(=O)c1cc(NCc2cccnc2)ccn1. The molecule has 0 saturated heterocycles. The minimum Gasteiger partial charge on any atom is -0.381 e. The van der Waals surface area contributed by atoms with Crippen LogP contribution in [-0.2, 0) is 6.54 Å². The van der Waals surface area contributed by atoms with Gasteiger partial charge in [-0.05, 0) is 44.5 Å². The maximum atomic E-state index is 12.1. The molecular formula is C16H20N4O. The Morgan fingerprint density at radius 3 is 2.71 bits per heavy atom. The van der Waals surface area contributed by atoms with Gasteiger partial charge in [0, 0.05) is 36.4 Å². The molecule has 0 aliphatic rings. The summed E-state index contributed by atoms with van der Waals surface area (Å²) in [5.41, 5.74) is 2.06. The summed E-state index contributed by atoms with van der Waals surface area (Å²) in [7, 11) is 0. The summed E-state index contributed by atoms with van der Waals surface area (Å²) in [6.45, 7) is 6.47. The highest BCUT2D eigenvalue weighted by Crippen LogP contribution is 2.11. The van der Waals surface area contributed by atoms with Crippen LogP contribution in [0, 0.1) is 0 Å². The molecule has 0 radical (unpaired) electrons. The van der Waals surface area contributed by atoms with Crippen LogP contribution < -0.4 is 10.6 Å². The quantitative estimate of drug-likeness (QED) is 0.905. The Hall–Kier alpha value is -2.43. The van der Waals surface area contributed by atoms with Crippen molar-refractivity contribution >= 4 is 11.6 Å². The number of carbonyl (C=O) groups excluding carboxylic acids is 1. The number of carbonyl (C=O) groups is 1. The molecule has 0 fully saturated rings. The third kappa shape index (κ3) is 4.87. The first-order chi connectivity index (χ1) is 9.94. The number of rotatable bonds is 4. The molecule has 0 bridgehead atoms. The van der Waals surface area contributed by atoms with E-state index in [9.17, 15) is 4.79 Å². The van der Waals surface area contributed by atoms with Crippen LogP contribution in [0.25, 0.3) is 0 Å². The number of amides is 1. The van der Waals surface area contributed by atoms with Crippen LogP contribution >= 0.6 is 0 Å². The number of nitrogens with one attached hydrogen (secondary N) is 2. The van der Waals surface area contributed by atoms with Gasteiger partial charge in [0.05, 0.1) is 0 Å². The van der Waals surface area contributed by atoms with Crippen molar-refractivity contribution in [2.24, 2.45) is 0 Å². The molecule has 0 aliphatic carbocycles. The molecule has 0 saturated carbocycles. The highest BCUT2D eigenvalue weighted by Gasteiger charge is 2.16. The zero-order chi connectivity index (χ0) is 15.3. The van der Waals surface area contributed by atoms with Gasteiger partial charge in [-0.2, -0.15) is 0 Å². The van der Waals surface area contributed by atoms with Crippen molar-refractivity contribution in [2.45, 2.75) is 32.9 Å². The van der Waals surface area contributed by atoms with Gasteiger partial charge in [0.25, 0.3) is 5.91 Å². The van der Waals surface area contributed by atoms with E-state index in [1.165, 1.54) is 0 Å². The number of aromatic nitrogens is 2. The van der Waals surface area contributed by atoms with Crippen LogP contribution in [0.3, 0.4) is 0 Å². The van der Waals surface area contributed by atoms with Crippen molar-refractivity contribution in [2.75, 3.05) is 5.32 Å². The van der Waals surface area contributed by atoms with Crippen LogP contribution in [0.4, 0.5) is 5.69 Å². The average molecular weight is 284 g/mol. The summed E-state index contributed by atoms with van der Waals surface area (Å²) in [6, 6.07) is 7.47. The van der Waals surface area contributed by atoms with Crippen molar-refractivity contribution in [3.63, 3.8) is 0 Å². The van der Waals surface area contributed by atoms with E-state index in [1.54, 1.807) is 24.7 Å². The Bertz CT molecular complexity index is 605. The number of pyridine rings is 2. The largest absolute Gasteiger partial charge is 0.381 e. The standard InChI is InChI=1S/C16H20N4O/c1-16(2,3)20-15(21)14-9-13(6-8-18-14)19-11-12-5-4-7-17-10-12/h4-10H,11H2,1-3H3,(H,18,19)(H,20,21). The average Bonchev–Trinajstić information content (AvgIpc) is 2.45. The Labute approximate surface area is 124 Å². The molecule has 5 heteroatoms. The lowest BCUT2D eigenvalue weighted by molar-refractivity contribution is 0.0914. The molecule has 2 heterocycles. The van der Waals surface area contributed by atoms with Gasteiger partial charge in [-0.1, -0.05) is 6.07 Å². The fourth-order valence-corrected chi connectivity index (χ4v) is 1.78. The molecule has 0 aromatic carbocycles. The Morgan fingerprint density at radius 1 is 1.24 bits per heavy atom. The zero-order valence-corrected chi connectivity index (χ0v) is 12.6. The van der Waals surface area contributed by atoms with Crippen LogP contribution in [-0.4, -0.2) is 21.4 Å². The normalized spacial score (nSPS) is 11.0. The van der Waals surface area contributed by atoms with Crippen molar-refractivity contribution in [3.05, 3.63) is 54.1 Å². The molecule has 0 aliphatic heterocycles. The number of anilines is 1. The smallest absolute Gasteiger partial charge is 0.270 e. The van der Waals surface area contributed by atoms with Crippen LogP contribution in [0.5, 0.6) is 0 Å². The molecule has 1 amide bonds. The van der Waals surface area contributed by atoms with Crippen LogP contribution in [0.2, 0.25) is 0 Å². The highest BCUT2D eigenvalue weighted by atomic mass is 16.2. The molecule has 0 spiro atoms. The number of hydrogen-bond acceptors (Lipinski definition) is 4. The molecule has 2 aromatic heterocycles. The van der Waals surface area contributed by atoms with Gasteiger partial charge in [0.2, 0.25) is 0 Å². The summed E-state index contributed by atoms with van der Waals surface area (Å²) in [5.74, 6) is -0.174. The second-order valence-electron chi connectivity index (χ2n) is 5.85. The summed E-state index contributed by atoms with van der Waals surface area (Å²) in [4.78, 5) is 20.3. The summed E-state index contributed by atoms with van der Waals surface area (Å²) < 4.78 is 0. The number of hydrogen-bond donors (Lipinski definition) is 2. The number of nitrogens with zero attached hydrogens (tertiary/aromatic N) is 2. The van der Waals surface area contributed by atoms with E-state index in [0.717, 1.165) is 11.3 Å². The minimum absolute atomic E-state index is 0.174. The van der Waals surface area contributed by atoms with Gasteiger partial charge in [0.1, 0.15) is 5.69 Å². The lowest BCUT2D eigenvalue weighted by Gasteiger charge is -2.20. The molecule has 21 heavy (non-hydrogen) atoms. The summed E-state index contributed by atoms with van der Waals surface area (Å²) in [6.07, 6.45) is 5.18. The maximum Gasteiger partial charge on any atom is 0.270 e. The van der Waals surface area contributed by atoms with Crippen LogP contribution in [0.15, 0.2) is 42.9 Å². The Balaban J connectivity index is 2.02. The second-order valence-corrected chi connectivity index (χ2v) is 5.85. The molecule has 2 N–H and O–H groups in total. The monoisotopic (exact) mass is 284 g/mol. The third-order valence-corrected chi connectivity index (χ3v) is 2.70. The Morgan fingerprint density at radius 2 is 2.05 bits per heavy atom. The molecule has 2 aromatic rings. The minimum atomic E-state index is -0.280. The lowest BCUT2D eigenvalue weighted by Crippen LogP contribution is -2.40. The van der Waals surface area contributed by atoms with E-state index in [4.69, 9.17) is 0 Å². The molecule has 5 nitrogen and oxygen atoms in total. The van der Waals surface area contributed by atoms with Gasteiger partial charge < -0.3 is 10.6 Å². The zero-order valence-electron chi connectivity index (χ0n) is 12.6. The van der Waals surface area contributed by atoms with E-state index >= 15 is 0 Å². The van der Waals surface area contributed by atoms with Crippen molar-refractivity contribution in [1.82, 2.24) is 15.3 Å². The maximum absolute atomic E-state index is 12.1. The predicted octanol–water partition coefficient (Wildman–Crippen LogP) is 2.62. The first-order valence-corrected chi connectivity index (χ1v) is 6.85. The van der Waals surface area contributed by atoms with Crippen molar-refractivity contribution in [1.29, 1.82) is 0 Å². The molecule has 110 valence electrons. The van der Waals surface area contributed by atoms with E-state index < -0.39 is 0 Å². The molecule has 2 rings (SSSR count). The van der Waals surface area contributed by atoms with E-state index in [0.29, 0.717) is 12.2 Å². The second kappa shape index (κ2) is 6.35. The van der Waals surface area contributed by atoms with Gasteiger partial charge in [-0.15, -0.1) is 0 Å². The molecular weight excluding hydrogens is 264 g/mol. The van der Waals surface area contributed by atoms with E-state index in [-0.39, 0.29) is 11.4 Å². The van der Waals surface area contributed by atoms with Gasteiger partial charge in [-0.25, -0.2) is 0 Å². The van der Waals surface area contributed by atoms with Crippen molar-refractivity contribution < 1.29 is 4.79 Å². The fourth-order valence-electron chi connectivity index (χ4n) is 1.78. The lowest BCUT2D eigenvalue weighted by atomic mass is 10.1. The first-order valence-electron chi connectivity index (χ1n) is 6.85. The fraction of sp³-hybridized carbons (Fsp3) is 0.312. The van der Waals surface area contributed by atoms with Gasteiger partial charge in [0.15, 0.2) is 0 Å². The molecule has 0 atom stereocenters. The first kappa shape index (κ1) is 15.0. The summed E-state index contributed by atoms with van der Waals surface area (Å²) in [5, 5.41) is 6.16. The van der Waals surface area contributed by atoms with Gasteiger partial charge in [-0.3, -0.25) is 14.8 Å².